The third-order valence-electron chi connectivity index (χ3n) is 5.15. The molecular formula is C20H24N2O6. The first-order valence-corrected chi connectivity index (χ1v) is 9.47. The number of aldehydes is 1. The molecule has 0 aromatic heterocycles. The highest BCUT2D eigenvalue weighted by Gasteiger charge is 2.51. The van der Waals surface area contributed by atoms with Crippen LogP contribution >= 0.6 is 0 Å². The molecule has 1 aromatic rings. The molecule has 2 bridgehead atoms. The summed E-state index contributed by atoms with van der Waals surface area (Å²) in [5.41, 5.74) is 0.834. The summed E-state index contributed by atoms with van der Waals surface area (Å²) in [6.45, 7) is 1.65. The van der Waals surface area contributed by atoms with Crippen molar-refractivity contribution in [2.24, 2.45) is 0 Å². The van der Waals surface area contributed by atoms with Crippen molar-refractivity contribution in [3.05, 3.63) is 35.9 Å². The molecule has 0 saturated carbocycles. The Morgan fingerprint density at radius 3 is 2.61 bits per heavy atom. The van der Waals surface area contributed by atoms with Gasteiger partial charge < -0.3 is 19.2 Å². The van der Waals surface area contributed by atoms with E-state index in [1.165, 1.54) is 9.80 Å². The van der Waals surface area contributed by atoms with Crippen LogP contribution < -0.4 is 0 Å². The van der Waals surface area contributed by atoms with Crippen LogP contribution in [0.1, 0.15) is 31.7 Å². The zero-order valence-electron chi connectivity index (χ0n) is 15.8. The first-order valence-electron chi connectivity index (χ1n) is 9.47. The van der Waals surface area contributed by atoms with Crippen molar-refractivity contribution >= 4 is 24.3 Å². The third kappa shape index (κ3) is 4.00. The zero-order valence-corrected chi connectivity index (χ0v) is 15.8. The Balaban J connectivity index is 1.76. The topological polar surface area (TPSA) is 93.2 Å². The van der Waals surface area contributed by atoms with Gasteiger partial charge in [-0.25, -0.2) is 4.79 Å². The summed E-state index contributed by atoms with van der Waals surface area (Å²) >= 11 is 0. The Labute approximate surface area is 163 Å². The number of hydrogen-bond acceptors (Lipinski definition) is 6. The van der Waals surface area contributed by atoms with Gasteiger partial charge in [-0.1, -0.05) is 30.3 Å². The number of carbonyl (C=O) groups is 4. The first-order chi connectivity index (χ1) is 13.6. The molecule has 28 heavy (non-hydrogen) atoms. The Morgan fingerprint density at radius 1 is 1.18 bits per heavy atom. The molecule has 8 nitrogen and oxygen atoms in total. The molecule has 3 atom stereocenters. The molecule has 2 aliphatic heterocycles. The third-order valence-corrected chi connectivity index (χ3v) is 5.15. The van der Waals surface area contributed by atoms with Crippen molar-refractivity contribution in [1.82, 2.24) is 9.80 Å². The average Bonchev–Trinajstić information content (AvgIpc) is 2.71. The first kappa shape index (κ1) is 19.9. The highest BCUT2D eigenvalue weighted by atomic mass is 16.6. The van der Waals surface area contributed by atoms with Crippen molar-refractivity contribution in [3.8, 4) is 0 Å². The molecule has 150 valence electrons. The number of fused-ring (bicyclic) bond motifs is 2. The number of hydrogen-bond donors (Lipinski definition) is 0. The van der Waals surface area contributed by atoms with Gasteiger partial charge in [0.15, 0.2) is 0 Å². The van der Waals surface area contributed by atoms with E-state index < -0.39 is 36.1 Å². The van der Waals surface area contributed by atoms with Gasteiger partial charge in [-0.2, -0.15) is 0 Å². The second-order valence-electron chi connectivity index (χ2n) is 6.86. The number of esters is 1. The normalized spacial score (nSPS) is 23.9. The number of piperazine rings is 1. The highest BCUT2D eigenvalue weighted by Crippen LogP contribution is 2.33. The van der Waals surface area contributed by atoms with E-state index in [1.807, 2.05) is 30.3 Å². The number of nitrogens with zero attached hydrogens (tertiary/aromatic N) is 2. The summed E-state index contributed by atoms with van der Waals surface area (Å²) in [5, 5.41) is 0. The monoisotopic (exact) mass is 388 g/mol. The Bertz CT molecular complexity index is 737. The average molecular weight is 388 g/mol. The molecule has 0 unspecified atom stereocenters. The lowest BCUT2D eigenvalue weighted by Crippen LogP contribution is -2.70. The Morgan fingerprint density at radius 2 is 1.93 bits per heavy atom. The second-order valence-corrected chi connectivity index (χ2v) is 6.86. The number of likely N-dealkylation sites (tertiary alicyclic amines) is 1. The summed E-state index contributed by atoms with van der Waals surface area (Å²) in [5.74, 6) is -0.987. The fraction of sp³-hybridized carbons (Fsp3) is 0.500. The van der Waals surface area contributed by atoms with Crippen LogP contribution in [-0.2, 0) is 30.5 Å². The van der Waals surface area contributed by atoms with Crippen LogP contribution in [0.5, 0.6) is 0 Å². The van der Waals surface area contributed by atoms with Gasteiger partial charge >= 0.3 is 12.1 Å². The predicted octanol–water partition coefficient (Wildman–Crippen LogP) is 1.52. The van der Waals surface area contributed by atoms with E-state index in [1.54, 1.807) is 6.92 Å². The van der Waals surface area contributed by atoms with Gasteiger partial charge in [0.2, 0.25) is 5.91 Å². The molecule has 0 spiro atoms. The van der Waals surface area contributed by atoms with Crippen LogP contribution in [0.2, 0.25) is 0 Å². The maximum Gasteiger partial charge on any atom is 0.411 e. The molecule has 8 heteroatoms. The van der Waals surface area contributed by atoms with E-state index in [-0.39, 0.29) is 19.8 Å². The maximum atomic E-state index is 12.9. The van der Waals surface area contributed by atoms with Gasteiger partial charge in [0.25, 0.3) is 0 Å². The predicted molar refractivity (Wildman–Crippen MR) is 98.1 cm³/mol. The molecule has 0 aliphatic carbocycles. The minimum Gasteiger partial charge on any atom is -0.465 e. The van der Waals surface area contributed by atoms with E-state index in [0.717, 1.165) is 12.0 Å². The van der Waals surface area contributed by atoms with Crippen LogP contribution in [0, 0.1) is 0 Å². The van der Waals surface area contributed by atoms with Gasteiger partial charge in [-0.05, 0) is 31.7 Å². The van der Waals surface area contributed by atoms with Crippen molar-refractivity contribution in [2.45, 2.75) is 50.9 Å². The summed E-state index contributed by atoms with van der Waals surface area (Å²) < 4.78 is 10.3. The Hall–Kier alpha value is -2.90. The van der Waals surface area contributed by atoms with Crippen LogP contribution in [-0.4, -0.2) is 65.3 Å². The molecule has 2 fully saturated rings. The van der Waals surface area contributed by atoms with E-state index in [4.69, 9.17) is 9.47 Å². The Kier molecular flexibility index (Phi) is 6.28. The van der Waals surface area contributed by atoms with Gasteiger partial charge in [0.1, 0.15) is 31.5 Å². The summed E-state index contributed by atoms with van der Waals surface area (Å²) in [6.07, 6.45) is 1.77. The van der Waals surface area contributed by atoms with Gasteiger partial charge in [0.05, 0.1) is 12.6 Å². The van der Waals surface area contributed by atoms with Gasteiger partial charge in [-0.3, -0.25) is 14.5 Å². The number of ether oxygens (including phenoxy) is 2. The summed E-state index contributed by atoms with van der Waals surface area (Å²) in [6, 6.07) is 7.11. The largest absolute Gasteiger partial charge is 0.465 e. The van der Waals surface area contributed by atoms with Crippen molar-refractivity contribution < 1.29 is 28.7 Å². The number of amides is 2. The maximum absolute atomic E-state index is 12.9. The highest BCUT2D eigenvalue weighted by molar-refractivity contribution is 5.93. The van der Waals surface area contributed by atoms with Gasteiger partial charge in [-0.15, -0.1) is 0 Å². The fourth-order valence-electron chi connectivity index (χ4n) is 3.90. The summed E-state index contributed by atoms with van der Waals surface area (Å²) in [4.78, 5) is 52.0. The van der Waals surface area contributed by atoms with E-state index in [9.17, 15) is 19.2 Å². The molecule has 2 heterocycles. The summed E-state index contributed by atoms with van der Waals surface area (Å²) in [7, 11) is 0. The fourth-order valence-corrected chi connectivity index (χ4v) is 3.90. The number of piperidine rings is 1. The second kappa shape index (κ2) is 8.86. The lowest BCUT2D eigenvalue weighted by molar-refractivity contribution is -0.162. The minimum absolute atomic E-state index is 0.0854. The molecular weight excluding hydrogens is 364 g/mol. The molecule has 2 aliphatic rings. The van der Waals surface area contributed by atoms with Crippen LogP contribution in [0.15, 0.2) is 30.3 Å². The molecule has 0 radical (unpaired) electrons. The SMILES string of the molecule is CCOC(=O)CN1C(=O)[C@@H]2CCC[C@H]([C@H]1C=O)N2C(=O)OCc1ccccc1. The molecule has 1 aromatic carbocycles. The van der Waals surface area contributed by atoms with E-state index in [2.05, 4.69) is 0 Å². The number of rotatable bonds is 6. The van der Waals surface area contributed by atoms with E-state index >= 15 is 0 Å². The standard InChI is InChI=1S/C20H24N2O6/c1-2-27-18(24)11-21-17(12-23)15-9-6-10-16(19(21)25)22(15)20(26)28-13-14-7-4-3-5-8-14/h3-5,7-8,12,15-17H,2,6,9-11,13H2,1H3/t15-,16+,17-/m1/s1. The molecule has 3 rings (SSSR count). The zero-order chi connectivity index (χ0) is 20.1. The smallest absolute Gasteiger partial charge is 0.411 e. The minimum atomic E-state index is -0.891. The van der Waals surface area contributed by atoms with E-state index in [0.29, 0.717) is 19.1 Å². The lowest BCUT2D eigenvalue weighted by Gasteiger charge is -2.51. The number of benzene rings is 1. The van der Waals surface area contributed by atoms with Crippen molar-refractivity contribution in [2.75, 3.05) is 13.2 Å². The van der Waals surface area contributed by atoms with Crippen LogP contribution in [0.3, 0.4) is 0 Å². The quantitative estimate of drug-likeness (QED) is 0.542. The molecule has 2 amide bonds. The molecule has 0 N–H and O–H groups in total. The van der Waals surface area contributed by atoms with Crippen molar-refractivity contribution in [1.29, 1.82) is 0 Å². The van der Waals surface area contributed by atoms with Gasteiger partial charge in [0, 0.05) is 0 Å². The number of carbonyl (C=O) groups excluding carboxylic acids is 4. The van der Waals surface area contributed by atoms with Crippen LogP contribution in [0.25, 0.3) is 0 Å². The lowest BCUT2D eigenvalue weighted by atomic mass is 9.86. The van der Waals surface area contributed by atoms with Crippen molar-refractivity contribution in [3.63, 3.8) is 0 Å². The molecule has 2 saturated heterocycles. The van der Waals surface area contributed by atoms with Crippen LogP contribution in [0.4, 0.5) is 4.79 Å².